The Balaban J connectivity index is 2.87. The molecule has 6 heteroatoms. The van der Waals surface area contributed by atoms with Crippen molar-refractivity contribution >= 4 is 23.3 Å². The second-order valence-electron chi connectivity index (χ2n) is 4.92. The minimum absolute atomic E-state index is 0.357. The number of amides is 1. The number of rotatable bonds is 5. The van der Waals surface area contributed by atoms with Crippen molar-refractivity contribution in [3.05, 3.63) is 41.2 Å². The molecular formula is C16H21N3O3. The SMILES string of the molecule is CC(=O)OCC(=O)NC(C(C)=Nc1ccc(C)cc1)=C(C)N. The molecule has 1 amide bonds. The highest BCUT2D eigenvalue weighted by Crippen LogP contribution is 2.14. The summed E-state index contributed by atoms with van der Waals surface area (Å²) in [4.78, 5) is 26.9. The first-order chi connectivity index (χ1) is 10.3. The number of nitrogens with one attached hydrogen (secondary N) is 1. The Morgan fingerprint density at radius 2 is 1.77 bits per heavy atom. The molecule has 3 N–H and O–H groups in total. The minimum Gasteiger partial charge on any atom is -0.456 e. The number of aliphatic imine (C=N–C) groups is 1. The van der Waals surface area contributed by atoms with Gasteiger partial charge < -0.3 is 15.8 Å². The Labute approximate surface area is 130 Å². The molecule has 0 saturated heterocycles. The van der Waals surface area contributed by atoms with Gasteiger partial charge in [0.05, 0.1) is 17.1 Å². The third-order valence-electron chi connectivity index (χ3n) is 2.76. The fourth-order valence-electron chi connectivity index (χ4n) is 1.69. The van der Waals surface area contributed by atoms with Gasteiger partial charge in [-0.1, -0.05) is 17.7 Å². The van der Waals surface area contributed by atoms with Crippen LogP contribution in [-0.4, -0.2) is 24.2 Å². The molecule has 0 atom stereocenters. The standard InChI is InChI=1S/C16H21N3O3/c1-10-5-7-14(8-6-10)18-12(3)16(11(2)17)19-15(21)9-22-13(4)20/h5-8H,9,17H2,1-4H3,(H,19,21). The zero-order chi connectivity index (χ0) is 16.7. The summed E-state index contributed by atoms with van der Waals surface area (Å²) >= 11 is 0. The van der Waals surface area contributed by atoms with Crippen molar-refractivity contribution in [1.29, 1.82) is 0 Å². The van der Waals surface area contributed by atoms with Crippen molar-refractivity contribution in [3.63, 3.8) is 0 Å². The van der Waals surface area contributed by atoms with E-state index in [4.69, 9.17) is 5.73 Å². The molecule has 1 aromatic carbocycles. The van der Waals surface area contributed by atoms with Gasteiger partial charge in [0.1, 0.15) is 0 Å². The molecule has 118 valence electrons. The van der Waals surface area contributed by atoms with E-state index in [0.29, 0.717) is 17.1 Å². The van der Waals surface area contributed by atoms with Crippen molar-refractivity contribution in [2.75, 3.05) is 6.61 Å². The van der Waals surface area contributed by atoms with Gasteiger partial charge in [-0.25, -0.2) is 0 Å². The number of hydrogen-bond donors (Lipinski definition) is 2. The van der Waals surface area contributed by atoms with Gasteiger partial charge in [0.15, 0.2) is 6.61 Å². The van der Waals surface area contributed by atoms with Crippen LogP contribution in [0.2, 0.25) is 0 Å². The fraction of sp³-hybridized carbons (Fsp3) is 0.312. The summed E-state index contributed by atoms with van der Waals surface area (Å²) in [6, 6.07) is 7.65. The molecule has 1 rings (SSSR count). The van der Waals surface area contributed by atoms with Gasteiger partial charge in [-0.05, 0) is 32.9 Å². The molecule has 22 heavy (non-hydrogen) atoms. The van der Waals surface area contributed by atoms with Gasteiger partial charge in [-0.3, -0.25) is 14.6 Å². The monoisotopic (exact) mass is 303 g/mol. The van der Waals surface area contributed by atoms with E-state index in [-0.39, 0.29) is 6.61 Å². The van der Waals surface area contributed by atoms with Crippen molar-refractivity contribution < 1.29 is 14.3 Å². The lowest BCUT2D eigenvalue weighted by molar-refractivity contribution is -0.146. The molecule has 6 nitrogen and oxygen atoms in total. The molecule has 0 spiro atoms. The minimum atomic E-state index is -0.518. The summed E-state index contributed by atoms with van der Waals surface area (Å²) in [5, 5.41) is 2.61. The van der Waals surface area contributed by atoms with Crippen molar-refractivity contribution in [1.82, 2.24) is 5.32 Å². The Bertz CT molecular complexity index is 612. The normalized spacial score (nSPS) is 12.5. The summed E-state index contributed by atoms with van der Waals surface area (Å²) in [5.74, 6) is -0.983. The first-order valence-corrected chi connectivity index (χ1v) is 6.81. The summed E-state index contributed by atoms with van der Waals surface area (Å²) in [6.45, 7) is 6.28. The van der Waals surface area contributed by atoms with Crippen LogP contribution in [-0.2, 0) is 14.3 Å². The Morgan fingerprint density at radius 3 is 2.27 bits per heavy atom. The number of carbonyl (C=O) groups is 2. The third-order valence-corrected chi connectivity index (χ3v) is 2.76. The average Bonchev–Trinajstić information content (AvgIpc) is 2.44. The third kappa shape index (κ3) is 5.78. The smallest absolute Gasteiger partial charge is 0.303 e. The van der Waals surface area contributed by atoms with Crippen LogP contribution in [0.15, 0.2) is 40.7 Å². The van der Waals surface area contributed by atoms with Gasteiger partial charge in [0.25, 0.3) is 5.91 Å². The molecule has 0 aliphatic heterocycles. The number of ether oxygens (including phenoxy) is 1. The lowest BCUT2D eigenvalue weighted by atomic mass is 10.2. The van der Waals surface area contributed by atoms with Crippen LogP contribution < -0.4 is 11.1 Å². The predicted octanol–water partition coefficient (Wildman–Crippen LogP) is 1.96. The molecule has 0 unspecified atom stereocenters. The molecule has 0 bridgehead atoms. The molecule has 0 aliphatic rings. The van der Waals surface area contributed by atoms with Gasteiger partial charge in [-0.2, -0.15) is 0 Å². The maximum absolute atomic E-state index is 11.7. The van der Waals surface area contributed by atoms with E-state index in [1.807, 2.05) is 31.2 Å². The first kappa shape index (κ1) is 17.4. The maximum atomic E-state index is 11.7. The molecule has 0 fully saturated rings. The lowest BCUT2D eigenvalue weighted by Gasteiger charge is -2.12. The van der Waals surface area contributed by atoms with E-state index >= 15 is 0 Å². The number of nitrogens with zero attached hydrogens (tertiary/aromatic N) is 1. The van der Waals surface area contributed by atoms with E-state index in [9.17, 15) is 9.59 Å². The summed E-state index contributed by atoms with van der Waals surface area (Å²) in [7, 11) is 0. The second-order valence-corrected chi connectivity index (χ2v) is 4.92. The summed E-state index contributed by atoms with van der Waals surface area (Å²) in [5.41, 5.74) is 9.10. The zero-order valence-corrected chi connectivity index (χ0v) is 13.3. The van der Waals surface area contributed by atoms with Gasteiger partial charge in [0, 0.05) is 12.6 Å². The Morgan fingerprint density at radius 1 is 1.18 bits per heavy atom. The van der Waals surface area contributed by atoms with Crippen LogP contribution in [0.5, 0.6) is 0 Å². The summed E-state index contributed by atoms with van der Waals surface area (Å²) < 4.78 is 4.64. The maximum Gasteiger partial charge on any atom is 0.303 e. The van der Waals surface area contributed by atoms with Crippen LogP contribution in [0.4, 0.5) is 5.69 Å². The number of benzene rings is 1. The van der Waals surface area contributed by atoms with Crippen LogP contribution in [0.25, 0.3) is 0 Å². The number of allylic oxidation sites excluding steroid dienone is 2. The van der Waals surface area contributed by atoms with E-state index < -0.39 is 11.9 Å². The van der Waals surface area contributed by atoms with Crippen molar-refractivity contribution in [2.24, 2.45) is 10.7 Å². The average molecular weight is 303 g/mol. The highest BCUT2D eigenvalue weighted by atomic mass is 16.5. The highest BCUT2D eigenvalue weighted by molar-refractivity contribution is 6.03. The topological polar surface area (TPSA) is 93.8 Å². The first-order valence-electron chi connectivity index (χ1n) is 6.81. The fourth-order valence-corrected chi connectivity index (χ4v) is 1.69. The van der Waals surface area contributed by atoms with Crippen LogP contribution >= 0.6 is 0 Å². The van der Waals surface area contributed by atoms with Gasteiger partial charge in [-0.15, -0.1) is 0 Å². The lowest BCUT2D eigenvalue weighted by Crippen LogP contribution is -2.32. The molecular weight excluding hydrogens is 282 g/mol. The Hall–Kier alpha value is -2.63. The van der Waals surface area contributed by atoms with Crippen LogP contribution in [0, 0.1) is 6.92 Å². The summed E-state index contributed by atoms with van der Waals surface area (Å²) in [6.07, 6.45) is 0. The van der Waals surface area contributed by atoms with E-state index in [1.54, 1.807) is 13.8 Å². The van der Waals surface area contributed by atoms with E-state index in [1.165, 1.54) is 6.92 Å². The van der Waals surface area contributed by atoms with Crippen LogP contribution in [0.3, 0.4) is 0 Å². The zero-order valence-electron chi connectivity index (χ0n) is 13.3. The largest absolute Gasteiger partial charge is 0.456 e. The number of hydrogen-bond acceptors (Lipinski definition) is 5. The van der Waals surface area contributed by atoms with Crippen molar-refractivity contribution in [2.45, 2.75) is 27.7 Å². The number of nitrogens with two attached hydrogens (primary N) is 1. The number of carbonyl (C=O) groups excluding carboxylic acids is 2. The van der Waals surface area contributed by atoms with E-state index in [2.05, 4.69) is 15.0 Å². The van der Waals surface area contributed by atoms with Gasteiger partial charge >= 0.3 is 5.97 Å². The molecule has 0 saturated carbocycles. The van der Waals surface area contributed by atoms with Gasteiger partial charge in [0.2, 0.25) is 0 Å². The molecule has 0 aliphatic carbocycles. The number of esters is 1. The van der Waals surface area contributed by atoms with Crippen LogP contribution in [0.1, 0.15) is 26.3 Å². The number of aryl methyl sites for hydroxylation is 1. The molecule has 1 aromatic rings. The molecule has 0 aromatic heterocycles. The van der Waals surface area contributed by atoms with Crippen molar-refractivity contribution in [3.8, 4) is 0 Å². The van der Waals surface area contributed by atoms with E-state index in [0.717, 1.165) is 11.3 Å². The highest BCUT2D eigenvalue weighted by Gasteiger charge is 2.11. The molecule has 0 heterocycles. The molecule has 0 radical (unpaired) electrons. The quantitative estimate of drug-likeness (QED) is 0.642. The second kappa shape index (κ2) is 7.97. The predicted molar refractivity (Wildman–Crippen MR) is 85.6 cm³/mol. The Kier molecular flexibility index (Phi) is 6.31.